The van der Waals surface area contributed by atoms with Crippen molar-refractivity contribution in [1.29, 1.82) is 0 Å². The van der Waals surface area contributed by atoms with E-state index in [1.807, 2.05) is 47.3 Å². The first-order valence-electron chi connectivity index (χ1n) is 7.72. The van der Waals surface area contributed by atoms with Crippen molar-refractivity contribution >= 4 is 28.3 Å². The van der Waals surface area contributed by atoms with Crippen LogP contribution in [0.3, 0.4) is 0 Å². The number of aromatic nitrogens is 3. The van der Waals surface area contributed by atoms with Gasteiger partial charge in [0, 0.05) is 17.4 Å². The molecule has 1 aromatic carbocycles. The van der Waals surface area contributed by atoms with Crippen molar-refractivity contribution < 1.29 is 0 Å². The van der Waals surface area contributed by atoms with Crippen molar-refractivity contribution in [3.8, 4) is 0 Å². The maximum absolute atomic E-state index is 6.54. The first-order chi connectivity index (χ1) is 10.9. The van der Waals surface area contributed by atoms with Crippen LogP contribution in [0, 0.1) is 0 Å². The molecule has 3 rings (SSSR count). The summed E-state index contributed by atoms with van der Waals surface area (Å²) >= 11 is 6.54. The minimum absolute atomic E-state index is 0.0184. The number of anilines is 1. The third-order valence-corrected chi connectivity index (χ3v) is 3.93. The highest BCUT2D eigenvalue weighted by molar-refractivity contribution is 6.20. The van der Waals surface area contributed by atoms with Crippen molar-refractivity contribution in [2.45, 2.75) is 38.2 Å². The average molecular weight is 329 g/mol. The summed E-state index contributed by atoms with van der Waals surface area (Å²) in [5, 5.41) is 8.85. The van der Waals surface area contributed by atoms with Gasteiger partial charge in [0.2, 0.25) is 0 Å². The number of hydrogen-bond acceptors (Lipinski definition) is 3. The fraction of sp³-hybridized carbons (Fsp3) is 0.333. The van der Waals surface area contributed by atoms with E-state index in [-0.39, 0.29) is 10.9 Å². The van der Waals surface area contributed by atoms with Crippen molar-refractivity contribution in [1.82, 2.24) is 14.8 Å². The highest BCUT2D eigenvalue weighted by Crippen LogP contribution is 2.27. The largest absolute Gasteiger partial charge is 0.380 e. The SMILES string of the molecule is CC(C)(C)Nc1ccnc2c1cnn2CC(Cl)c1ccccc1. The number of pyridine rings is 1. The van der Waals surface area contributed by atoms with Gasteiger partial charge in [0.25, 0.3) is 0 Å². The average Bonchev–Trinajstić information content (AvgIpc) is 2.91. The maximum Gasteiger partial charge on any atom is 0.159 e. The first kappa shape index (κ1) is 15.8. The van der Waals surface area contributed by atoms with E-state index in [0.29, 0.717) is 6.54 Å². The molecule has 4 nitrogen and oxygen atoms in total. The summed E-state index contributed by atoms with van der Waals surface area (Å²) in [7, 11) is 0. The van der Waals surface area contributed by atoms with Gasteiger partial charge in [-0.05, 0) is 32.4 Å². The Balaban J connectivity index is 1.90. The van der Waals surface area contributed by atoms with Gasteiger partial charge in [0.05, 0.1) is 23.5 Å². The molecule has 1 atom stereocenters. The fourth-order valence-corrected chi connectivity index (χ4v) is 2.82. The molecule has 2 aromatic heterocycles. The van der Waals surface area contributed by atoms with E-state index in [9.17, 15) is 0 Å². The monoisotopic (exact) mass is 328 g/mol. The van der Waals surface area contributed by atoms with Gasteiger partial charge in [-0.3, -0.25) is 0 Å². The summed E-state index contributed by atoms with van der Waals surface area (Å²) in [5.41, 5.74) is 2.96. The second kappa shape index (κ2) is 6.20. The summed E-state index contributed by atoms with van der Waals surface area (Å²) in [6.07, 6.45) is 3.66. The zero-order valence-electron chi connectivity index (χ0n) is 13.6. The van der Waals surface area contributed by atoms with Crippen LogP contribution in [0.15, 0.2) is 48.8 Å². The van der Waals surface area contributed by atoms with Crippen LogP contribution < -0.4 is 5.32 Å². The molecule has 0 aliphatic carbocycles. The topological polar surface area (TPSA) is 42.7 Å². The van der Waals surface area contributed by atoms with Gasteiger partial charge in [-0.25, -0.2) is 9.67 Å². The zero-order valence-corrected chi connectivity index (χ0v) is 14.4. The lowest BCUT2D eigenvalue weighted by atomic mass is 10.1. The lowest BCUT2D eigenvalue weighted by molar-refractivity contribution is 0.616. The van der Waals surface area contributed by atoms with Crippen molar-refractivity contribution in [3.05, 3.63) is 54.4 Å². The highest BCUT2D eigenvalue weighted by atomic mass is 35.5. The predicted molar refractivity (Wildman–Crippen MR) is 95.9 cm³/mol. The number of nitrogens with zero attached hydrogens (tertiary/aromatic N) is 3. The van der Waals surface area contributed by atoms with Crippen molar-refractivity contribution in [2.75, 3.05) is 5.32 Å². The molecule has 23 heavy (non-hydrogen) atoms. The molecule has 0 saturated heterocycles. The van der Waals surface area contributed by atoms with Crippen LogP contribution in [0.4, 0.5) is 5.69 Å². The molecular weight excluding hydrogens is 308 g/mol. The maximum atomic E-state index is 6.54. The van der Waals surface area contributed by atoms with E-state index in [2.05, 4.69) is 36.2 Å². The standard InChI is InChI=1S/C18H21ClN4/c1-18(2,3)22-16-9-10-20-17-14(16)11-21-23(17)12-15(19)13-7-5-4-6-8-13/h4-11,15H,12H2,1-3H3,(H,20,22). The van der Waals surface area contributed by atoms with Crippen LogP contribution in [0.2, 0.25) is 0 Å². The summed E-state index contributed by atoms with van der Waals surface area (Å²) in [6.45, 7) is 6.98. The number of benzene rings is 1. The van der Waals surface area contributed by atoms with Crippen LogP contribution in [-0.2, 0) is 6.54 Å². The molecule has 0 spiro atoms. The molecule has 0 aliphatic heterocycles. The Morgan fingerprint density at radius 1 is 1.17 bits per heavy atom. The molecule has 0 fully saturated rings. The minimum atomic E-state index is -0.139. The molecule has 5 heteroatoms. The number of rotatable bonds is 4. The van der Waals surface area contributed by atoms with E-state index in [4.69, 9.17) is 11.6 Å². The Morgan fingerprint density at radius 3 is 2.61 bits per heavy atom. The molecule has 0 saturated carbocycles. The lowest BCUT2D eigenvalue weighted by Gasteiger charge is -2.22. The van der Waals surface area contributed by atoms with Gasteiger partial charge in [0.1, 0.15) is 0 Å². The van der Waals surface area contributed by atoms with Crippen molar-refractivity contribution in [3.63, 3.8) is 0 Å². The number of hydrogen-bond donors (Lipinski definition) is 1. The summed E-state index contributed by atoms with van der Waals surface area (Å²) < 4.78 is 1.87. The van der Waals surface area contributed by atoms with Gasteiger partial charge in [0.15, 0.2) is 5.65 Å². The third kappa shape index (κ3) is 3.64. The minimum Gasteiger partial charge on any atom is -0.380 e. The Labute approximate surface area is 141 Å². The molecule has 0 radical (unpaired) electrons. The van der Waals surface area contributed by atoms with Gasteiger partial charge < -0.3 is 5.32 Å². The van der Waals surface area contributed by atoms with Gasteiger partial charge in [-0.2, -0.15) is 5.10 Å². The predicted octanol–water partition coefficient (Wildman–Crippen LogP) is 4.62. The van der Waals surface area contributed by atoms with E-state index >= 15 is 0 Å². The quantitative estimate of drug-likeness (QED) is 0.710. The molecular formula is C18H21ClN4. The summed E-state index contributed by atoms with van der Waals surface area (Å²) in [5.74, 6) is 0. The highest BCUT2D eigenvalue weighted by Gasteiger charge is 2.16. The molecule has 0 aliphatic rings. The molecule has 1 N–H and O–H groups in total. The summed E-state index contributed by atoms with van der Waals surface area (Å²) in [6, 6.07) is 12.0. The molecule has 2 heterocycles. The molecule has 0 bridgehead atoms. The Bertz CT molecular complexity index is 790. The van der Waals surface area contributed by atoms with Crippen molar-refractivity contribution in [2.24, 2.45) is 0 Å². The Kier molecular flexibility index (Phi) is 4.26. The Hall–Kier alpha value is -2.07. The smallest absolute Gasteiger partial charge is 0.159 e. The van der Waals surface area contributed by atoms with Crippen LogP contribution in [-0.4, -0.2) is 20.3 Å². The van der Waals surface area contributed by atoms with Crippen LogP contribution in [0.1, 0.15) is 31.7 Å². The third-order valence-electron chi connectivity index (χ3n) is 3.54. The van der Waals surface area contributed by atoms with E-state index in [0.717, 1.165) is 22.3 Å². The number of alkyl halides is 1. The van der Waals surface area contributed by atoms with Crippen LogP contribution >= 0.6 is 11.6 Å². The molecule has 120 valence electrons. The Morgan fingerprint density at radius 2 is 1.91 bits per heavy atom. The van der Waals surface area contributed by atoms with Crippen LogP contribution in [0.25, 0.3) is 11.0 Å². The lowest BCUT2D eigenvalue weighted by Crippen LogP contribution is -2.26. The normalized spacial score (nSPS) is 13.2. The second-order valence-electron chi connectivity index (χ2n) is 6.68. The second-order valence-corrected chi connectivity index (χ2v) is 7.20. The number of nitrogens with one attached hydrogen (secondary N) is 1. The first-order valence-corrected chi connectivity index (χ1v) is 8.15. The molecule has 1 unspecified atom stereocenters. The van der Waals surface area contributed by atoms with E-state index < -0.39 is 0 Å². The van der Waals surface area contributed by atoms with Gasteiger partial charge in [-0.15, -0.1) is 11.6 Å². The number of fused-ring (bicyclic) bond motifs is 1. The summed E-state index contributed by atoms with van der Waals surface area (Å²) in [4.78, 5) is 4.48. The number of halogens is 1. The fourth-order valence-electron chi connectivity index (χ4n) is 2.54. The van der Waals surface area contributed by atoms with Crippen LogP contribution in [0.5, 0.6) is 0 Å². The van der Waals surface area contributed by atoms with Gasteiger partial charge in [-0.1, -0.05) is 30.3 Å². The molecule has 0 amide bonds. The van der Waals surface area contributed by atoms with Gasteiger partial charge >= 0.3 is 0 Å². The zero-order chi connectivity index (χ0) is 16.4. The van der Waals surface area contributed by atoms with E-state index in [1.165, 1.54) is 0 Å². The molecule has 3 aromatic rings. The van der Waals surface area contributed by atoms with E-state index in [1.54, 1.807) is 6.20 Å².